The Kier molecular flexibility index (Phi) is 7.70. The first-order valence-corrected chi connectivity index (χ1v) is 9.42. The normalized spacial score (nSPS) is 31.1. The van der Waals surface area contributed by atoms with Crippen molar-refractivity contribution in [3.63, 3.8) is 0 Å². The third-order valence-electron chi connectivity index (χ3n) is 6.41. The molecule has 0 aromatic carbocycles. The van der Waals surface area contributed by atoms with Crippen LogP contribution >= 0.6 is 0 Å². The van der Waals surface area contributed by atoms with Crippen molar-refractivity contribution in [2.24, 2.45) is 17.8 Å². The van der Waals surface area contributed by atoms with E-state index in [1.807, 2.05) is 0 Å². The SMILES string of the molecule is CCNC(C1CCC(C)C(C)C1)C(C)(CC)N(CC)CC. The van der Waals surface area contributed by atoms with E-state index in [-0.39, 0.29) is 5.54 Å². The predicted molar refractivity (Wildman–Crippen MR) is 94.8 cm³/mol. The maximum Gasteiger partial charge on any atom is 0.0334 e. The van der Waals surface area contributed by atoms with E-state index in [4.69, 9.17) is 0 Å². The minimum atomic E-state index is 0.282. The molecule has 1 rings (SSSR count). The van der Waals surface area contributed by atoms with Crippen molar-refractivity contribution in [2.45, 2.75) is 85.7 Å². The molecule has 21 heavy (non-hydrogen) atoms. The molecule has 2 heteroatoms. The van der Waals surface area contributed by atoms with Crippen molar-refractivity contribution in [3.8, 4) is 0 Å². The van der Waals surface area contributed by atoms with E-state index >= 15 is 0 Å². The third-order valence-corrected chi connectivity index (χ3v) is 6.41. The van der Waals surface area contributed by atoms with Crippen LogP contribution in [0.5, 0.6) is 0 Å². The van der Waals surface area contributed by atoms with Crippen molar-refractivity contribution >= 4 is 0 Å². The molecule has 0 aromatic heterocycles. The highest BCUT2D eigenvalue weighted by Crippen LogP contribution is 2.39. The summed E-state index contributed by atoms with van der Waals surface area (Å²) in [4.78, 5) is 2.68. The molecule has 0 radical (unpaired) electrons. The van der Waals surface area contributed by atoms with E-state index in [2.05, 4.69) is 58.7 Å². The lowest BCUT2D eigenvalue weighted by molar-refractivity contribution is 0.0257. The van der Waals surface area contributed by atoms with Gasteiger partial charge in [-0.1, -0.05) is 48.0 Å². The molecule has 0 aromatic rings. The van der Waals surface area contributed by atoms with Crippen molar-refractivity contribution in [1.29, 1.82) is 0 Å². The van der Waals surface area contributed by atoms with Gasteiger partial charge in [0.15, 0.2) is 0 Å². The van der Waals surface area contributed by atoms with Gasteiger partial charge < -0.3 is 5.32 Å². The molecule has 5 atom stereocenters. The van der Waals surface area contributed by atoms with Crippen LogP contribution in [0.1, 0.15) is 74.1 Å². The van der Waals surface area contributed by atoms with Crippen LogP contribution in [0.2, 0.25) is 0 Å². The van der Waals surface area contributed by atoms with E-state index in [1.54, 1.807) is 0 Å². The summed E-state index contributed by atoms with van der Waals surface area (Å²) in [5.41, 5.74) is 0.282. The first-order valence-electron chi connectivity index (χ1n) is 9.42. The van der Waals surface area contributed by atoms with Gasteiger partial charge in [-0.25, -0.2) is 0 Å². The average Bonchev–Trinajstić information content (AvgIpc) is 2.48. The van der Waals surface area contributed by atoms with Crippen LogP contribution in [0, 0.1) is 17.8 Å². The lowest BCUT2D eigenvalue weighted by Crippen LogP contribution is -2.62. The van der Waals surface area contributed by atoms with E-state index in [1.165, 1.54) is 25.7 Å². The molecule has 2 nitrogen and oxygen atoms in total. The highest BCUT2D eigenvalue weighted by atomic mass is 15.2. The monoisotopic (exact) mass is 296 g/mol. The van der Waals surface area contributed by atoms with Crippen molar-refractivity contribution < 1.29 is 0 Å². The van der Waals surface area contributed by atoms with Crippen LogP contribution in [0.3, 0.4) is 0 Å². The van der Waals surface area contributed by atoms with Crippen LogP contribution in [-0.2, 0) is 0 Å². The molecule has 0 aliphatic heterocycles. The summed E-state index contributed by atoms with van der Waals surface area (Å²) in [7, 11) is 0. The number of nitrogens with one attached hydrogen (secondary N) is 1. The Labute approximate surface area is 134 Å². The maximum absolute atomic E-state index is 3.89. The van der Waals surface area contributed by atoms with E-state index in [0.29, 0.717) is 6.04 Å². The van der Waals surface area contributed by atoms with Crippen molar-refractivity contribution in [3.05, 3.63) is 0 Å². The Hall–Kier alpha value is -0.0800. The van der Waals surface area contributed by atoms with Gasteiger partial charge in [0.1, 0.15) is 0 Å². The Morgan fingerprint density at radius 2 is 1.67 bits per heavy atom. The predicted octanol–water partition coefficient (Wildman–Crippen LogP) is 4.55. The van der Waals surface area contributed by atoms with Crippen LogP contribution in [0.25, 0.3) is 0 Å². The van der Waals surface area contributed by atoms with Gasteiger partial charge in [-0.05, 0) is 63.6 Å². The second-order valence-electron chi connectivity index (χ2n) is 7.45. The Morgan fingerprint density at radius 1 is 1.05 bits per heavy atom. The molecule has 1 saturated carbocycles. The second kappa shape index (κ2) is 8.53. The van der Waals surface area contributed by atoms with Gasteiger partial charge in [0.2, 0.25) is 0 Å². The fourth-order valence-electron chi connectivity index (χ4n) is 4.59. The van der Waals surface area contributed by atoms with Gasteiger partial charge in [0, 0.05) is 11.6 Å². The van der Waals surface area contributed by atoms with Gasteiger partial charge in [-0.15, -0.1) is 0 Å². The molecule has 0 bridgehead atoms. The molecule has 126 valence electrons. The zero-order valence-electron chi connectivity index (χ0n) is 15.7. The number of hydrogen-bond donors (Lipinski definition) is 1. The standard InChI is InChI=1S/C19H40N2/c1-8-19(7,21(10-3)11-4)18(20-9-2)17-13-12-15(5)16(6)14-17/h15-18,20H,8-14H2,1-7H3. The lowest BCUT2D eigenvalue weighted by atomic mass is 9.68. The molecule has 0 amide bonds. The van der Waals surface area contributed by atoms with Gasteiger partial charge >= 0.3 is 0 Å². The Bertz CT molecular complexity index is 287. The van der Waals surface area contributed by atoms with Gasteiger partial charge in [0.25, 0.3) is 0 Å². The molecule has 1 aliphatic carbocycles. The first-order chi connectivity index (χ1) is 9.94. The van der Waals surface area contributed by atoms with Crippen molar-refractivity contribution in [1.82, 2.24) is 10.2 Å². The summed E-state index contributed by atoms with van der Waals surface area (Å²) in [6.45, 7) is 20.0. The number of rotatable bonds is 8. The van der Waals surface area contributed by atoms with E-state index in [9.17, 15) is 0 Å². The fraction of sp³-hybridized carbons (Fsp3) is 1.00. The quantitative estimate of drug-likeness (QED) is 0.707. The lowest BCUT2D eigenvalue weighted by Gasteiger charge is -2.51. The molecular weight excluding hydrogens is 256 g/mol. The molecule has 1 fully saturated rings. The number of hydrogen-bond acceptors (Lipinski definition) is 2. The highest BCUT2D eigenvalue weighted by molar-refractivity contribution is 5.00. The molecule has 0 saturated heterocycles. The number of nitrogens with zero attached hydrogens (tertiary/aromatic N) is 1. The summed E-state index contributed by atoms with van der Waals surface area (Å²) in [6, 6.07) is 0.627. The minimum Gasteiger partial charge on any atom is -0.312 e. The largest absolute Gasteiger partial charge is 0.312 e. The van der Waals surface area contributed by atoms with Crippen molar-refractivity contribution in [2.75, 3.05) is 19.6 Å². The first kappa shape index (κ1) is 19.0. The molecule has 0 heterocycles. The molecule has 5 unspecified atom stereocenters. The van der Waals surface area contributed by atoms with E-state index < -0.39 is 0 Å². The summed E-state index contributed by atoms with van der Waals surface area (Å²) in [5.74, 6) is 2.62. The summed E-state index contributed by atoms with van der Waals surface area (Å²) in [5, 5.41) is 3.89. The fourth-order valence-corrected chi connectivity index (χ4v) is 4.59. The van der Waals surface area contributed by atoms with Gasteiger partial charge in [-0.3, -0.25) is 4.90 Å². The second-order valence-corrected chi connectivity index (χ2v) is 7.45. The third kappa shape index (κ3) is 4.22. The summed E-state index contributed by atoms with van der Waals surface area (Å²) >= 11 is 0. The van der Waals surface area contributed by atoms with Crippen LogP contribution in [0.4, 0.5) is 0 Å². The average molecular weight is 297 g/mol. The van der Waals surface area contributed by atoms with Gasteiger partial charge in [0.05, 0.1) is 0 Å². The van der Waals surface area contributed by atoms with Crippen LogP contribution in [-0.4, -0.2) is 36.1 Å². The maximum atomic E-state index is 3.89. The Morgan fingerprint density at radius 3 is 2.10 bits per heavy atom. The minimum absolute atomic E-state index is 0.282. The molecule has 1 N–H and O–H groups in total. The Balaban J connectivity index is 2.97. The van der Waals surface area contributed by atoms with Crippen LogP contribution in [0.15, 0.2) is 0 Å². The summed E-state index contributed by atoms with van der Waals surface area (Å²) < 4.78 is 0. The highest BCUT2D eigenvalue weighted by Gasteiger charge is 2.42. The molecule has 1 aliphatic rings. The molecular formula is C19H40N2. The van der Waals surface area contributed by atoms with Gasteiger partial charge in [-0.2, -0.15) is 0 Å². The topological polar surface area (TPSA) is 15.3 Å². The zero-order valence-corrected chi connectivity index (χ0v) is 15.7. The smallest absolute Gasteiger partial charge is 0.0334 e. The van der Waals surface area contributed by atoms with Crippen LogP contribution < -0.4 is 5.32 Å². The molecule has 0 spiro atoms. The summed E-state index contributed by atoms with van der Waals surface area (Å²) in [6.07, 6.45) is 5.44. The zero-order chi connectivity index (χ0) is 16.0. The number of likely N-dealkylation sites (N-methyl/N-ethyl adjacent to an activating group) is 2. The van der Waals surface area contributed by atoms with E-state index in [0.717, 1.165) is 37.4 Å².